The van der Waals surface area contributed by atoms with Crippen molar-refractivity contribution in [2.75, 3.05) is 11.9 Å². The Morgan fingerprint density at radius 1 is 1.13 bits per heavy atom. The number of nitrogens with one attached hydrogen (secondary N) is 1. The zero-order valence-electron chi connectivity index (χ0n) is 17.1. The van der Waals surface area contributed by atoms with Gasteiger partial charge in [-0.3, -0.25) is 0 Å². The number of thioether (sulfide) groups is 1. The van der Waals surface area contributed by atoms with Crippen molar-refractivity contribution in [2.45, 2.75) is 23.9 Å². The summed E-state index contributed by atoms with van der Waals surface area (Å²) in [6.07, 6.45) is -0.286. The second-order valence-electron chi connectivity index (χ2n) is 7.14. The van der Waals surface area contributed by atoms with E-state index in [0.29, 0.717) is 12.4 Å². The maximum atomic E-state index is 6.07. The zero-order valence-corrected chi connectivity index (χ0v) is 18.7. The van der Waals surface area contributed by atoms with Crippen LogP contribution in [0.4, 0.5) is 10.8 Å². The third-order valence-corrected chi connectivity index (χ3v) is 6.81. The van der Waals surface area contributed by atoms with Crippen LogP contribution in [0, 0.1) is 6.92 Å². The quantitative estimate of drug-likeness (QED) is 0.407. The van der Waals surface area contributed by atoms with Crippen LogP contribution in [0.1, 0.15) is 23.2 Å². The van der Waals surface area contributed by atoms with Gasteiger partial charge in [0.05, 0.1) is 5.69 Å². The van der Waals surface area contributed by atoms with Crippen LogP contribution < -0.4 is 14.8 Å². The van der Waals surface area contributed by atoms with Crippen molar-refractivity contribution in [3.8, 4) is 11.5 Å². The van der Waals surface area contributed by atoms with Crippen LogP contribution in [-0.4, -0.2) is 26.4 Å². The lowest BCUT2D eigenvalue weighted by molar-refractivity contribution is 0.0825. The fourth-order valence-corrected chi connectivity index (χ4v) is 4.92. The highest BCUT2D eigenvalue weighted by molar-refractivity contribution is 7.98. The third-order valence-electron chi connectivity index (χ3n) is 4.95. The molecule has 1 aliphatic rings. The number of aromatic nitrogens is 4. The number of hydrogen-bond acceptors (Lipinski definition) is 8. The number of hydrogen-bond donors (Lipinski definition) is 1. The van der Waals surface area contributed by atoms with Gasteiger partial charge in [0.2, 0.25) is 0 Å². The van der Waals surface area contributed by atoms with Gasteiger partial charge in [-0.1, -0.05) is 42.1 Å². The first-order valence-electron chi connectivity index (χ1n) is 9.85. The molecule has 158 valence electrons. The van der Waals surface area contributed by atoms with E-state index >= 15 is 0 Å². The molecule has 9 heteroatoms. The molecule has 0 saturated carbocycles. The number of anilines is 2. The summed E-state index contributed by atoms with van der Waals surface area (Å²) in [5, 5.41) is 15.9. The Labute approximate surface area is 188 Å². The lowest BCUT2D eigenvalue weighted by Gasteiger charge is -2.25. The second kappa shape index (κ2) is 8.60. The van der Waals surface area contributed by atoms with E-state index in [-0.39, 0.29) is 6.10 Å². The molecular formula is C22H21N5O2S2. The van der Waals surface area contributed by atoms with Crippen molar-refractivity contribution in [3.05, 3.63) is 71.0 Å². The number of benzene rings is 2. The summed E-state index contributed by atoms with van der Waals surface area (Å²) in [5.74, 6) is 2.95. The van der Waals surface area contributed by atoms with E-state index in [1.165, 1.54) is 5.56 Å². The van der Waals surface area contributed by atoms with E-state index in [9.17, 15) is 0 Å². The standard InChI is InChI=1S/C22H21N5O2S2/c1-14-7-3-4-8-16(14)24-21-23-15(12-30-21)13-31-22-26-25-20(27(22)2)19-11-28-17-9-5-6-10-18(17)29-19/h3-10,12,19H,11,13H2,1-2H3,(H,23,24). The Kier molecular flexibility index (Phi) is 5.52. The largest absolute Gasteiger partial charge is 0.485 e. The molecule has 1 atom stereocenters. The van der Waals surface area contributed by atoms with Crippen molar-refractivity contribution in [1.82, 2.24) is 19.7 Å². The lowest BCUT2D eigenvalue weighted by atomic mass is 10.2. The Balaban J connectivity index is 1.23. The number of fused-ring (bicyclic) bond motifs is 1. The van der Waals surface area contributed by atoms with Crippen LogP contribution >= 0.6 is 23.1 Å². The first-order valence-corrected chi connectivity index (χ1v) is 11.7. The molecule has 7 nitrogen and oxygen atoms in total. The summed E-state index contributed by atoms with van der Waals surface area (Å²) < 4.78 is 13.8. The minimum atomic E-state index is -0.286. The second-order valence-corrected chi connectivity index (χ2v) is 8.94. The molecule has 31 heavy (non-hydrogen) atoms. The molecule has 1 unspecified atom stereocenters. The minimum absolute atomic E-state index is 0.286. The van der Waals surface area contributed by atoms with Crippen molar-refractivity contribution in [1.29, 1.82) is 0 Å². The number of thiazole rings is 1. The molecule has 0 spiro atoms. The monoisotopic (exact) mass is 451 g/mol. The summed E-state index contributed by atoms with van der Waals surface area (Å²) in [6, 6.07) is 15.9. The van der Waals surface area contributed by atoms with E-state index in [1.807, 2.05) is 48.0 Å². The predicted molar refractivity (Wildman–Crippen MR) is 122 cm³/mol. The highest BCUT2D eigenvalue weighted by Gasteiger charge is 2.27. The number of aryl methyl sites for hydroxylation is 1. The molecule has 0 bridgehead atoms. The summed E-state index contributed by atoms with van der Waals surface area (Å²) in [7, 11) is 1.95. The van der Waals surface area contributed by atoms with Gasteiger partial charge in [0, 0.05) is 23.9 Å². The molecule has 0 aliphatic carbocycles. The topological polar surface area (TPSA) is 74.1 Å². The number of nitrogens with zero attached hydrogens (tertiary/aromatic N) is 4. The average molecular weight is 452 g/mol. The molecule has 3 heterocycles. The van der Waals surface area contributed by atoms with Crippen molar-refractivity contribution < 1.29 is 9.47 Å². The molecule has 1 N–H and O–H groups in total. The van der Waals surface area contributed by atoms with Gasteiger partial charge in [0.1, 0.15) is 6.61 Å². The highest BCUT2D eigenvalue weighted by Crippen LogP contribution is 2.36. The van der Waals surface area contributed by atoms with Gasteiger partial charge < -0.3 is 19.4 Å². The summed E-state index contributed by atoms with van der Waals surface area (Å²) in [6.45, 7) is 2.49. The van der Waals surface area contributed by atoms with Crippen LogP contribution in [0.15, 0.2) is 59.1 Å². The Bertz CT molecular complexity index is 1210. The number of para-hydroxylation sites is 3. The lowest BCUT2D eigenvalue weighted by Crippen LogP contribution is -2.24. The van der Waals surface area contributed by atoms with Crippen LogP contribution in [0.2, 0.25) is 0 Å². The van der Waals surface area contributed by atoms with Crippen LogP contribution in [0.5, 0.6) is 11.5 Å². The van der Waals surface area contributed by atoms with E-state index < -0.39 is 0 Å². The van der Waals surface area contributed by atoms with Gasteiger partial charge in [0.15, 0.2) is 33.7 Å². The zero-order chi connectivity index (χ0) is 21.2. The van der Waals surface area contributed by atoms with E-state index in [4.69, 9.17) is 14.5 Å². The Morgan fingerprint density at radius 3 is 2.81 bits per heavy atom. The fraction of sp³-hybridized carbons (Fsp3) is 0.227. The molecule has 0 saturated heterocycles. The molecule has 5 rings (SSSR count). The summed E-state index contributed by atoms with van der Waals surface area (Å²) in [4.78, 5) is 4.70. The average Bonchev–Trinajstić information content (AvgIpc) is 3.39. The molecule has 2 aromatic carbocycles. The van der Waals surface area contributed by atoms with E-state index in [1.54, 1.807) is 23.1 Å². The van der Waals surface area contributed by atoms with Crippen molar-refractivity contribution in [2.24, 2.45) is 7.05 Å². The first kappa shape index (κ1) is 19.9. The molecule has 4 aromatic rings. The molecule has 2 aromatic heterocycles. The van der Waals surface area contributed by atoms with Crippen molar-refractivity contribution in [3.63, 3.8) is 0 Å². The van der Waals surface area contributed by atoms with Gasteiger partial charge in [-0.15, -0.1) is 21.5 Å². The highest BCUT2D eigenvalue weighted by atomic mass is 32.2. The van der Waals surface area contributed by atoms with Gasteiger partial charge >= 0.3 is 0 Å². The molecule has 0 radical (unpaired) electrons. The molecule has 1 aliphatic heterocycles. The minimum Gasteiger partial charge on any atom is -0.485 e. The summed E-state index contributed by atoms with van der Waals surface area (Å²) >= 11 is 3.20. The van der Waals surface area contributed by atoms with E-state index in [2.05, 4.69) is 40.0 Å². The Hall–Kier alpha value is -3.04. The maximum Gasteiger partial charge on any atom is 0.192 e. The van der Waals surface area contributed by atoms with Gasteiger partial charge in [-0.05, 0) is 30.7 Å². The van der Waals surface area contributed by atoms with Gasteiger partial charge in [-0.25, -0.2) is 4.98 Å². The van der Waals surface area contributed by atoms with Gasteiger partial charge in [0.25, 0.3) is 0 Å². The smallest absolute Gasteiger partial charge is 0.192 e. The molecule has 0 amide bonds. The number of rotatable bonds is 6. The van der Waals surface area contributed by atoms with Crippen LogP contribution in [-0.2, 0) is 12.8 Å². The van der Waals surface area contributed by atoms with Gasteiger partial charge in [-0.2, -0.15) is 0 Å². The third kappa shape index (κ3) is 4.24. The Morgan fingerprint density at radius 2 is 1.94 bits per heavy atom. The molecule has 0 fully saturated rings. The first-order chi connectivity index (χ1) is 15.2. The fourth-order valence-electron chi connectivity index (χ4n) is 3.28. The number of ether oxygens (including phenoxy) is 2. The van der Waals surface area contributed by atoms with Crippen LogP contribution in [0.3, 0.4) is 0 Å². The summed E-state index contributed by atoms with van der Waals surface area (Å²) in [5.41, 5.74) is 3.27. The molecular weight excluding hydrogens is 430 g/mol. The van der Waals surface area contributed by atoms with Crippen molar-refractivity contribution >= 4 is 33.9 Å². The predicted octanol–water partition coefficient (Wildman–Crippen LogP) is 5.13. The SMILES string of the molecule is Cc1ccccc1Nc1nc(CSc2nnc(C3COc4ccccc4O3)n2C)cs1. The maximum absolute atomic E-state index is 6.07. The van der Waals surface area contributed by atoms with Crippen LogP contribution in [0.25, 0.3) is 0 Å². The normalized spacial score (nSPS) is 15.1. The van der Waals surface area contributed by atoms with E-state index in [0.717, 1.165) is 39.0 Å².